The molecule has 0 amide bonds. The summed E-state index contributed by atoms with van der Waals surface area (Å²) in [5.41, 5.74) is 0. The van der Waals surface area contributed by atoms with Crippen LogP contribution < -0.4 is 10.6 Å². The zero-order chi connectivity index (χ0) is 18.9. The molecule has 2 saturated heterocycles. The maximum atomic E-state index is 11.7. The molecule has 8 heteroatoms. The number of guanidine groups is 1. The Kier molecular flexibility index (Phi) is 7.92. The molecule has 4 rings (SSSR count). The average Bonchev–Trinajstić information content (AvgIpc) is 3.32. The Hall–Kier alpha value is -0.0900. The third kappa shape index (κ3) is 6.20. The molecular formula is C20H37IN4O2S. The maximum absolute atomic E-state index is 11.7. The Morgan fingerprint density at radius 1 is 1.04 bits per heavy atom. The standard InChI is InChI=1S/C20H36N4O2S.HI/c1-15-11-18(13-24(15)19-7-8-19)23-20(22-17-5-3-2-4-6-17)21-12-16-9-10-27(25,26)14-16;/h15-19H,2-14H2,1H3,(H2,21,22,23);1H. The lowest BCUT2D eigenvalue weighted by molar-refractivity contribution is 0.256. The van der Waals surface area contributed by atoms with Crippen molar-refractivity contribution in [2.75, 3.05) is 24.6 Å². The molecule has 4 fully saturated rings. The molecule has 2 saturated carbocycles. The summed E-state index contributed by atoms with van der Waals surface area (Å²) in [6.07, 6.45) is 11.0. The summed E-state index contributed by atoms with van der Waals surface area (Å²) in [6.45, 7) is 4.07. The van der Waals surface area contributed by atoms with Gasteiger partial charge in [0.15, 0.2) is 15.8 Å². The van der Waals surface area contributed by atoms with Gasteiger partial charge in [-0.2, -0.15) is 0 Å². The lowest BCUT2D eigenvalue weighted by Crippen LogP contribution is -2.49. The summed E-state index contributed by atoms with van der Waals surface area (Å²) in [6, 6.07) is 2.41. The van der Waals surface area contributed by atoms with Gasteiger partial charge in [0, 0.05) is 37.3 Å². The van der Waals surface area contributed by atoms with Crippen molar-refractivity contribution in [3.8, 4) is 0 Å². The van der Waals surface area contributed by atoms with E-state index in [1.165, 1.54) is 51.4 Å². The number of sulfone groups is 1. The number of likely N-dealkylation sites (tertiary alicyclic amines) is 1. The van der Waals surface area contributed by atoms with Crippen LogP contribution in [0.5, 0.6) is 0 Å². The normalized spacial score (nSPS) is 34.2. The van der Waals surface area contributed by atoms with E-state index >= 15 is 0 Å². The molecule has 2 aliphatic carbocycles. The zero-order valence-electron chi connectivity index (χ0n) is 17.1. The number of aliphatic imine (C=N–C) groups is 1. The number of hydrogen-bond acceptors (Lipinski definition) is 4. The molecule has 0 bridgehead atoms. The molecule has 0 aromatic carbocycles. The van der Waals surface area contributed by atoms with Gasteiger partial charge in [0.05, 0.1) is 11.5 Å². The Morgan fingerprint density at radius 3 is 2.39 bits per heavy atom. The van der Waals surface area contributed by atoms with Crippen molar-refractivity contribution < 1.29 is 8.42 Å². The Morgan fingerprint density at radius 2 is 1.75 bits per heavy atom. The first kappa shape index (κ1) is 22.6. The molecule has 4 aliphatic rings. The van der Waals surface area contributed by atoms with Gasteiger partial charge in [0.2, 0.25) is 0 Å². The minimum atomic E-state index is -2.83. The van der Waals surface area contributed by atoms with Crippen molar-refractivity contribution in [2.24, 2.45) is 10.9 Å². The van der Waals surface area contributed by atoms with Crippen LogP contribution in [0.4, 0.5) is 0 Å². The van der Waals surface area contributed by atoms with E-state index in [0.29, 0.717) is 36.2 Å². The topological polar surface area (TPSA) is 73.8 Å². The largest absolute Gasteiger partial charge is 0.354 e. The van der Waals surface area contributed by atoms with E-state index in [-0.39, 0.29) is 29.9 Å². The number of nitrogens with zero attached hydrogens (tertiary/aromatic N) is 2. The van der Waals surface area contributed by atoms with Gasteiger partial charge in [0.25, 0.3) is 0 Å². The molecule has 2 aliphatic heterocycles. The molecule has 3 atom stereocenters. The molecule has 162 valence electrons. The second kappa shape index (κ2) is 9.81. The maximum Gasteiger partial charge on any atom is 0.191 e. The van der Waals surface area contributed by atoms with Crippen molar-refractivity contribution in [2.45, 2.75) is 88.9 Å². The molecule has 2 N–H and O–H groups in total. The first-order chi connectivity index (χ1) is 13.0. The summed E-state index contributed by atoms with van der Waals surface area (Å²) >= 11 is 0. The predicted molar refractivity (Wildman–Crippen MR) is 125 cm³/mol. The molecule has 0 spiro atoms. The van der Waals surface area contributed by atoms with Crippen LogP contribution in [0.25, 0.3) is 0 Å². The monoisotopic (exact) mass is 524 g/mol. The highest BCUT2D eigenvalue weighted by atomic mass is 127. The molecule has 0 aromatic rings. The Bertz CT molecular complexity index is 647. The van der Waals surface area contributed by atoms with Crippen LogP contribution in [0.2, 0.25) is 0 Å². The number of halogens is 1. The fourth-order valence-electron chi connectivity index (χ4n) is 5.08. The van der Waals surface area contributed by atoms with Crippen molar-refractivity contribution >= 4 is 39.8 Å². The van der Waals surface area contributed by atoms with Gasteiger partial charge in [0.1, 0.15) is 0 Å². The first-order valence-corrected chi connectivity index (χ1v) is 12.8. The molecule has 28 heavy (non-hydrogen) atoms. The van der Waals surface area contributed by atoms with Gasteiger partial charge < -0.3 is 10.6 Å². The highest BCUT2D eigenvalue weighted by Crippen LogP contribution is 2.33. The van der Waals surface area contributed by atoms with Gasteiger partial charge in [-0.3, -0.25) is 9.89 Å². The number of rotatable bonds is 5. The summed E-state index contributed by atoms with van der Waals surface area (Å²) in [4.78, 5) is 7.50. The lowest BCUT2D eigenvalue weighted by atomic mass is 9.96. The van der Waals surface area contributed by atoms with Crippen LogP contribution in [0.1, 0.15) is 64.7 Å². The van der Waals surface area contributed by atoms with E-state index in [4.69, 9.17) is 4.99 Å². The Labute approximate surface area is 187 Å². The predicted octanol–water partition coefficient (Wildman–Crippen LogP) is 2.53. The van der Waals surface area contributed by atoms with Crippen LogP contribution in [-0.4, -0.2) is 68.0 Å². The van der Waals surface area contributed by atoms with E-state index in [1.807, 2.05) is 0 Å². The van der Waals surface area contributed by atoms with Crippen molar-refractivity contribution in [3.63, 3.8) is 0 Å². The molecule has 0 aromatic heterocycles. The highest BCUT2D eigenvalue weighted by Gasteiger charge is 2.39. The van der Waals surface area contributed by atoms with Crippen LogP contribution in [0.3, 0.4) is 0 Å². The first-order valence-electron chi connectivity index (χ1n) is 11.0. The fraction of sp³-hybridized carbons (Fsp3) is 0.950. The molecular weight excluding hydrogens is 487 g/mol. The minimum absolute atomic E-state index is 0. The van der Waals surface area contributed by atoms with Gasteiger partial charge in [-0.15, -0.1) is 24.0 Å². The van der Waals surface area contributed by atoms with E-state index < -0.39 is 9.84 Å². The van der Waals surface area contributed by atoms with Gasteiger partial charge >= 0.3 is 0 Å². The van der Waals surface area contributed by atoms with E-state index in [0.717, 1.165) is 25.0 Å². The van der Waals surface area contributed by atoms with Crippen molar-refractivity contribution in [3.05, 3.63) is 0 Å². The molecule has 0 radical (unpaired) electrons. The van der Waals surface area contributed by atoms with Crippen molar-refractivity contribution in [1.29, 1.82) is 0 Å². The second-order valence-corrected chi connectivity index (χ2v) is 11.5. The minimum Gasteiger partial charge on any atom is -0.354 e. The van der Waals surface area contributed by atoms with Gasteiger partial charge in [-0.25, -0.2) is 8.42 Å². The number of nitrogens with one attached hydrogen (secondary N) is 2. The Balaban J connectivity index is 0.00000225. The summed E-state index contributed by atoms with van der Waals surface area (Å²) in [5, 5.41) is 7.37. The van der Waals surface area contributed by atoms with Crippen molar-refractivity contribution in [1.82, 2.24) is 15.5 Å². The number of hydrogen-bond donors (Lipinski definition) is 2. The van der Waals surface area contributed by atoms with E-state index in [9.17, 15) is 8.42 Å². The lowest BCUT2D eigenvalue weighted by Gasteiger charge is -2.27. The molecule has 2 heterocycles. The quantitative estimate of drug-likeness (QED) is 0.329. The SMILES string of the molecule is CC1CC(NC(=NCC2CCS(=O)(=O)C2)NC2CCCCC2)CN1C1CC1.I. The molecule has 6 nitrogen and oxygen atoms in total. The van der Waals surface area contributed by atoms with Gasteiger partial charge in [-0.05, 0) is 51.4 Å². The smallest absolute Gasteiger partial charge is 0.191 e. The highest BCUT2D eigenvalue weighted by molar-refractivity contribution is 14.0. The average molecular weight is 525 g/mol. The third-order valence-electron chi connectivity index (χ3n) is 6.76. The molecule has 3 unspecified atom stereocenters. The summed E-state index contributed by atoms with van der Waals surface area (Å²) in [5.74, 6) is 1.75. The van der Waals surface area contributed by atoms with Crippen LogP contribution in [0, 0.1) is 5.92 Å². The van der Waals surface area contributed by atoms with Gasteiger partial charge in [-0.1, -0.05) is 19.3 Å². The van der Waals surface area contributed by atoms with Crippen LogP contribution in [-0.2, 0) is 9.84 Å². The summed E-state index contributed by atoms with van der Waals surface area (Å²) in [7, 11) is -2.83. The van der Waals surface area contributed by atoms with Crippen LogP contribution >= 0.6 is 24.0 Å². The van der Waals surface area contributed by atoms with Crippen LogP contribution in [0.15, 0.2) is 4.99 Å². The van der Waals surface area contributed by atoms with E-state index in [1.54, 1.807) is 0 Å². The van der Waals surface area contributed by atoms with E-state index in [2.05, 4.69) is 22.5 Å². The summed E-state index contributed by atoms with van der Waals surface area (Å²) < 4.78 is 23.5. The zero-order valence-corrected chi connectivity index (χ0v) is 20.3. The second-order valence-electron chi connectivity index (χ2n) is 9.29. The third-order valence-corrected chi connectivity index (χ3v) is 8.60. The fourth-order valence-corrected chi connectivity index (χ4v) is 6.93.